The Bertz CT molecular complexity index is 1040. The molecule has 1 aliphatic heterocycles. The minimum atomic E-state index is -0.569. The molecule has 1 heterocycles. The molecule has 1 amide bonds. The highest BCUT2D eigenvalue weighted by Gasteiger charge is 2.22. The summed E-state index contributed by atoms with van der Waals surface area (Å²) >= 11 is 0. The smallest absolute Gasteiger partial charge is 0.274 e. The Morgan fingerprint density at radius 2 is 1.81 bits per heavy atom. The van der Waals surface area contributed by atoms with Crippen molar-refractivity contribution in [2.24, 2.45) is 4.99 Å². The van der Waals surface area contributed by atoms with Crippen LogP contribution in [-0.4, -0.2) is 23.9 Å². The van der Waals surface area contributed by atoms with E-state index in [0.29, 0.717) is 34.2 Å². The molecule has 2 N–H and O–H groups in total. The number of nitrogens with zero attached hydrogens (tertiary/aromatic N) is 1. The third kappa shape index (κ3) is 3.02. The lowest BCUT2D eigenvalue weighted by Crippen LogP contribution is -2.18. The monoisotopic (exact) mass is 360 g/mol. The Labute approximate surface area is 155 Å². The molecule has 4 rings (SSSR count). The van der Waals surface area contributed by atoms with Crippen LogP contribution in [0.25, 0.3) is 0 Å². The molecule has 0 unspecified atom stereocenters. The van der Waals surface area contributed by atoms with Gasteiger partial charge in [0.25, 0.3) is 5.91 Å². The predicted molar refractivity (Wildman–Crippen MR) is 101 cm³/mol. The van der Waals surface area contributed by atoms with Crippen LogP contribution in [0, 0.1) is 0 Å². The van der Waals surface area contributed by atoms with Gasteiger partial charge in [0, 0.05) is 16.7 Å². The Hall–Kier alpha value is -3.64. The highest BCUT2D eigenvalue weighted by atomic mass is 16.5. The first-order chi connectivity index (χ1) is 13.2. The topological polar surface area (TPSA) is 80.2 Å². The van der Waals surface area contributed by atoms with Crippen molar-refractivity contribution in [3.63, 3.8) is 0 Å². The van der Waals surface area contributed by atoms with Crippen LogP contribution in [0.5, 0.6) is 17.2 Å². The van der Waals surface area contributed by atoms with Crippen LogP contribution < -0.4 is 15.0 Å². The summed E-state index contributed by atoms with van der Waals surface area (Å²) in [6, 6.07) is 19.9. The second-order valence-electron chi connectivity index (χ2n) is 5.89. The Morgan fingerprint density at radius 3 is 2.56 bits per heavy atom. The number of rotatable bonds is 3. The van der Waals surface area contributed by atoms with Crippen molar-refractivity contribution < 1.29 is 19.5 Å². The Kier molecular flexibility index (Phi) is 4.32. The largest absolute Gasteiger partial charge is 0.493 e. The van der Waals surface area contributed by atoms with Gasteiger partial charge in [-0.2, -0.15) is 0 Å². The molecule has 0 bridgehead atoms. The van der Waals surface area contributed by atoms with Crippen LogP contribution in [-0.2, 0) is 0 Å². The second kappa shape index (κ2) is 6.93. The number of ether oxygens (including phenoxy) is 2. The predicted octanol–water partition coefficient (Wildman–Crippen LogP) is 4.09. The lowest BCUT2D eigenvalue weighted by atomic mass is 9.99. The maximum absolute atomic E-state index is 11.6. The highest BCUT2D eigenvalue weighted by molar-refractivity contribution is 6.16. The van der Waals surface area contributed by atoms with Gasteiger partial charge in [0.15, 0.2) is 17.2 Å². The molecule has 6 nitrogen and oxygen atoms in total. The van der Waals surface area contributed by atoms with E-state index in [-0.39, 0.29) is 0 Å². The van der Waals surface area contributed by atoms with E-state index in [1.54, 1.807) is 36.9 Å². The molecule has 1 aliphatic rings. The van der Waals surface area contributed by atoms with E-state index in [1.165, 1.54) is 0 Å². The van der Waals surface area contributed by atoms with Gasteiger partial charge in [-0.25, -0.2) is 10.5 Å². The third-order valence-electron chi connectivity index (χ3n) is 4.29. The maximum atomic E-state index is 11.6. The number of hydrogen-bond donors (Lipinski definition) is 2. The van der Waals surface area contributed by atoms with Gasteiger partial charge in [0.1, 0.15) is 5.69 Å². The van der Waals surface area contributed by atoms with E-state index in [0.717, 1.165) is 11.1 Å². The fraction of sp³-hybridized carbons (Fsp3) is 0.0476. The van der Waals surface area contributed by atoms with E-state index >= 15 is 0 Å². The van der Waals surface area contributed by atoms with E-state index in [9.17, 15) is 4.79 Å². The van der Waals surface area contributed by atoms with Crippen LogP contribution in [0.15, 0.2) is 71.7 Å². The number of nitrogens with one attached hydrogen (secondary N) is 1. The van der Waals surface area contributed by atoms with Crippen molar-refractivity contribution in [2.75, 3.05) is 7.11 Å². The Morgan fingerprint density at radius 1 is 1.04 bits per heavy atom. The number of amides is 1. The molecule has 3 aromatic carbocycles. The summed E-state index contributed by atoms with van der Waals surface area (Å²) in [6.45, 7) is 0. The molecule has 0 saturated carbocycles. The minimum absolute atomic E-state index is 0.345. The number of carbonyl (C=O) groups is 1. The number of hydrogen-bond acceptors (Lipinski definition) is 5. The van der Waals surface area contributed by atoms with E-state index in [4.69, 9.17) is 19.7 Å². The molecule has 3 aromatic rings. The van der Waals surface area contributed by atoms with E-state index < -0.39 is 5.91 Å². The van der Waals surface area contributed by atoms with Gasteiger partial charge in [0.05, 0.1) is 12.8 Å². The van der Waals surface area contributed by atoms with Crippen LogP contribution >= 0.6 is 0 Å². The number of benzene rings is 3. The number of para-hydroxylation sites is 3. The number of aliphatic imine (C=N–C) groups is 1. The molecule has 0 aliphatic carbocycles. The zero-order chi connectivity index (χ0) is 18.8. The molecule has 0 radical (unpaired) electrons. The molecule has 0 aromatic heterocycles. The zero-order valence-corrected chi connectivity index (χ0v) is 14.5. The number of hydroxylamine groups is 1. The number of carbonyl (C=O) groups excluding carboxylic acids is 1. The summed E-state index contributed by atoms with van der Waals surface area (Å²) in [7, 11) is 1.59. The lowest BCUT2D eigenvalue weighted by Gasteiger charge is -2.13. The van der Waals surface area contributed by atoms with Crippen LogP contribution in [0.3, 0.4) is 0 Å². The first-order valence-electron chi connectivity index (χ1n) is 8.29. The molecule has 0 spiro atoms. The van der Waals surface area contributed by atoms with Crippen molar-refractivity contribution in [1.29, 1.82) is 0 Å². The van der Waals surface area contributed by atoms with Gasteiger partial charge in [-0.15, -0.1) is 0 Å². The average Bonchev–Trinajstić information content (AvgIpc) is 2.90. The standard InChI is InChI=1S/C21H16N2O4/c1-26-18-8-4-5-15-19(13-9-11-14(12-10-13)21(24)23-25)22-16-6-2-3-7-17(16)27-20(15)18/h2-12,25H,1H3,(H,23,24). The van der Waals surface area contributed by atoms with Gasteiger partial charge >= 0.3 is 0 Å². The molecule has 6 heteroatoms. The summed E-state index contributed by atoms with van der Waals surface area (Å²) in [4.78, 5) is 16.4. The number of methoxy groups -OCH3 is 1. The fourth-order valence-electron chi connectivity index (χ4n) is 2.96. The molecule has 0 atom stereocenters. The number of fused-ring (bicyclic) bond motifs is 2. The highest BCUT2D eigenvalue weighted by Crippen LogP contribution is 2.43. The van der Waals surface area contributed by atoms with Crippen molar-refractivity contribution in [3.05, 3.63) is 83.4 Å². The van der Waals surface area contributed by atoms with E-state index in [1.807, 2.05) is 42.5 Å². The second-order valence-corrected chi connectivity index (χ2v) is 5.89. The normalized spacial score (nSPS) is 12.0. The molecule has 134 valence electrons. The quantitative estimate of drug-likeness (QED) is 0.426. The maximum Gasteiger partial charge on any atom is 0.274 e. The zero-order valence-electron chi connectivity index (χ0n) is 14.5. The van der Waals surface area contributed by atoms with E-state index in [2.05, 4.69) is 0 Å². The third-order valence-corrected chi connectivity index (χ3v) is 4.29. The fourth-order valence-corrected chi connectivity index (χ4v) is 2.96. The SMILES string of the molecule is COc1cccc2c1Oc1ccccc1N=C2c1ccc(C(=O)NO)cc1. The van der Waals surface area contributed by atoms with Gasteiger partial charge in [-0.05, 0) is 36.4 Å². The van der Waals surface area contributed by atoms with Gasteiger partial charge in [-0.3, -0.25) is 10.0 Å². The van der Waals surface area contributed by atoms with Crippen LogP contribution in [0.2, 0.25) is 0 Å². The van der Waals surface area contributed by atoms with Crippen LogP contribution in [0.1, 0.15) is 21.5 Å². The summed E-state index contributed by atoms with van der Waals surface area (Å²) in [5, 5.41) is 8.79. The molecular weight excluding hydrogens is 344 g/mol. The Balaban J connectivity index is 1.91. The summed E-state index contributed by atoms with van der Waals surface area (Å²) in [5.74, 6) is 1.25. The molecule has 27 heavy (non-hydrogen) atoms. The van der Waals surface area contributed by atoms with Crippen molar-refractivity contribution in [1.82, 2.24) is 5.48 Å². The van der Waals surface area contributed by atoms with Gasteiger partial charge < -0.3 is 9.47 Å². The van der Waals surface area contributed by atoms with Crippen molar-refractivity contribution in [2.45, 2.75) is 0 Å². The average molecular weight is 360 g/mol. The van der Waals surface area contributed by atoms with Crippen molar-refractivity contribution >= 4 is 17.3 Å². The minimum Gasteiger partial charge on any atom is -0.493 e. The summed E-state index contributed by atoms with van der Waals surface area (Å²) in [6.07, 6.45) is 0. The molecule has 0 fully saturated rings. The van der Waals surface area contributed by atoms with Crippen LogP contribution in [0.4, 0.5) is 5.69 Å². The van der Waals surface area contributed by atoms with Crippen molar-refractivity contribution in [3.8, 4) is 17.2 Å². The molecular formula is C21H16N2O4. The molecule has 0 saturated heterocycles. The summed E-state index contributed by atoms with van der Waals surface area (Å²) in [5.41, 5.74) is 4.96. The van der Waals surface area contributed by atoms with Gasteiger partial charge in [-0.1, -0.05) is 30.3 Å². The van der Waals surface area contributed by atoms with Gasteiger partial charge in [0.2, 0.25) is 0 Å². The summed E-state index contributed by atoms with van der Waals surface area (Å²) < 4.78 is 11.6. The first kappa shape index (κ1) is 16.8. The lowest BCUT2D eigenvalue weighted by molar-refractivity contribution is 0.0706. The first-order valence-corrected chi connectivity index (χ1v) is 8.29.